The number of aromatic nitrogens is 4. The minimum Gasteiger partial charge on any atom is -0.381 e. The van der Waals surface area contributed by atoms with E-state index in [0.29, 0.717) is 11.6 Å². The monoisotopic (exact) mass is 414 g/mol. The third-order valence-electron chi connectivity index (χ3n) is 5.48. The smallest absolute Gasteiger partial charge is 0.226 e. The fourth-order valence-electron chi connectivity index (χ4n) is 4.15. The van der Waals surface area contributed by atoms with Crippen LogP contribution in [0.5, 0.6) is 0 Å². The molecule has 1 saturated heterocycles. The van der Waals surface area contributed by atoms with E-state index in [4.69, 9.17) is 9.72 Å². The molecule has 26 heavy (non-hydrogen) atoms. The normalized spacial score (nSPS) is 18.5. The van der Waals surface area contributed by atoms with Crippen LogP contribution in [0.25, 0.3) is 11.2 Å². The van der Waals surface area contributed by atoms with Crippen LogP contribution in [0.1, 0.15) is 18.4 Å². The SMILES string of the molecule is CNc1nc(N2CC3(CCOCC3)c3ccc(Br)cc32)c2[nH]cnc2n1. The van der Waals surface area contributed by atoms with Crippen molar-refractivity contribution in [2.75, 3.05) is 37.0 Å². The second-order valence-corrected chi connectivity index (χ2v) is 7.78. The van der Waals surface area contributed by atoms with Gasteiger partial charge in [-0.05, 0) is 30.5 Å². The molecule has 2 aliphatic rings. The molecular weight excluding hydrogens is 396 g/mol. The number of rotatable bonds is 2. The van der Waals surface area contributed by atoms with Crippen molar-refractivity contribution in [1.29, 1.82) is 0 Å². The van der Waals surface area contributed by atoms with Gasteiger partial charge in [-0.25, -0.2) is 4.98 Å². The number of halogens is 1. The molecule has 2 aromatic heterocycles. The molecule has 7 nitrogen and oxygen atoms in total. The Morgan fingerprint density at radius 1 is 1.27 bits per heavy atom. The molecule has 0 unspecified atom stereocenters. The lowest BCUT2D eigenvalue weighted by atomic mass is 9.76. The second-order valence-electron chi connectivity index (χ2n) is 6.86. The van der Waals surface area contributed by atoms with Gasteiger partial charge >= 0.3 is 0 Å². The van der Waals surface area contributed by atoms with Crippen molar-refractivity contribution in [3.63, 3.8) is 0 Å². The molecule has 1 spiro atoms. The molecule has 1 fully saturated rings. The summed E-state index contributed by atoms with van der Waals surface area (Å²) in [6.07, 6.45) is 3.72. The number of H-pyrrole nitrogens is 1. The molecule has 0 radical (unpaired) electrons. The third kappa shape index (κ3) is 2.32. The van der Waals surface area contributed by atoms with E-state index in [0.717, 1.165) is 48.4 Å². The number of benzene rings is 1. The summed E-state index contributed by atoms with van der Waals surface area (Å²) < 4.78 is 6.71. The van der Waals surface area contributed by atoms with Crippen LogP contribution < -0.4 is 10.2 Å². The van der Waals surface area contributed by atoms with Crippen LogP contribution in [0.4, 0.5) is 17.5 Å². The van der Waals surface area contributed by atoms with Gasteiger partial charge in [0.25, 0.3) is 0 Å². The maximum Gasteiger partial charge on any atom is 0.226 e. The standard InChI is InChI=1S/C18H19BrN6O/c1-20-17-23-15-14(21-10-22-15)16(24-17)25-9-18(4-6-26-7-5-18)12-3-2-11(19)8-13(12)25/h2-3,8,10H,4-7,9H2,1H3,(H2,20,21,22,23,24). The molecule has 8 heteroatoms. The van der Waals surface area contributed by atoms with E-state index in [1.807, 2.05) is 7.05 Å². The van der Waals surface area contributed by atoms with E-state index in [1.165, 1.54) is 11.3 Å². The number of hydrogen-bond acceptors (Lipinski definition) is 6. The lowest BCUT2D eigenvalue weighted by Gasteiger charge is -2.34. The van der Waals surface area contributed by atoms with Gasteiger partial charge in [0.05, 0.1) is 6.33 Å². The van der Waals surface area contributed by atoms with Crippen LogP contribution in [-0.2, 0) is 10.2 Å². The zero-order valence-electron chi connectivity index (χ0n) is 14.4. The first-order valence-electron chi connectivity index (χ1n) is 8.74. The number of imidazole rings is 1. The number of fused-ring (bicyclic) bond motifs is 3. The summed E-state index contributed by atoms with van der Waals surface area (Å²) in [6.45, 7) is 2.49. The van der Waals surface area contributed by atoms with E-state index in [-0.39, 0.29) is 5.41 Å². The average Bonchev–Trinajstić information content (AvgIpc) is 3.25. The van der Waals surface area contributed by atoms with Crippen LogP contribution in [0.2, 0.25) is 0 Å². The van der Waals surface area contributed by atoms with Crippen LogP contribution in [0.15, 0.2) is 29.0 Å². The minimum absolute atomic E-state index is 0.103. The Hall–Kier alpha value is -2.19. The molecule has 0 saturated carbocycles. The first kappa shape index (κ1) is 16.0. The van der Waals surface area contributed by atoms with E-state index in [9.17, 15) is 0 Å². The predicted molar refractivity (Wildman–Crippen MR) is 104 cm³/mol. The predicted octanol–water partition coefficient (Wildman–Crippen LogP) is 3.36. The van der Waals surface area contributed by atoms with Gasteiger partial charge in [0.15, 0.2) is 11.5 Å². The fraction of sp³-hybridized carbons (Fsp3) is 0.389. The average molecular weight is 415 g/mol. The topological polar surface area (TPSA) is 79.0 Å². The number of nitrogens with zero attached hydrogens (tertiary/aromatic N) is 4. The molecular formula is C18H19BrN6O. The maximum atomic E-state index is 5.65. The first-order chi connectivity index (χ1) is 12.7. The Morgan fingerprint density at radius 3 is 2.92 bits per heavy atom. The van der Waals surface area contributed by atoms with Crippen LogP contribution in [0.3, 0.4) is 0 Å². The third-order valence-corrected chi connectivity index (χ3v) is 5.97. The van der Waals surface area contributed by atoms with Crippen LogP contribution >= 0.6 is 15.9 Å². The highest BCUT2D eigenvalue weighted by atomic mass is 79.9. The first-order valence-corrected chi connectivity index (χ1v) is 9.54. The van der Waals surface area contributed by atoms with Crippen molar-refractivity contribution in [2.45, 2.75) is 18.3 Å². The van der Waals surface area contributed by atoms with Gasteiger partial charge in [0, 0.05) is 42.4 Å². The van der Waals surface area contributed by atoms with Gasteiger partial charge in [-0.15, -0.1) is 0 Å². The number of ether oxygens (including phenoxy) is 1. The molecule has 2 N–H and O–H groups in total. The Labute approximate surface area is 159 Å². The van der Waals surface area contributed by atoms with Crippen molar-refractivity contribution < 1.29 is 4.74 Å². The summed E-state index contributed by atoms with van der Waals surface area (Å²) in [6, 6.07) is 6.56. The summed E-state index contributed by atoms with van der Waals surface area (Å²) >= 11 is 3.63. The van der Waals surface area contributed by atoms with E-state index in [1.54, 1.807) is 6.33 Å². The summed E-state index contributed by atoms with van der Waals surface area (Å²) in [4.78, 5) is 19.1. The Morgan fingerprint density at radius 2 is 2.12 bits per heavy atom. The van der Waals surface area contributed by atoms with Gasteiger partial charge < -0.3 is 19.9 Å². The molecule has 4 heterocycles. The molecule has 0 amide bonds. The van der Waals surface area contributed by atoms with Crippen LogP contribution in [-0.4, -0.2) is 46.7 Å². The van der Waals surface area contributed by atoms with Crippen molar-refractivity contribution in [1.82, 2.24) is 19.9 Å². The van der Waals surface area contributed by atoms with E-state index < -0.39 is 0 Å². The molecule has 3 aromatic rings. The van der Waals surface area contributed by atoms with Crippen molar-refractivity contribution in [3.8, 4) is 0 Å². The van der Waals surface area contributed by atoms with Gasteiger partial charge in [-0.3, -0.25) is 0 Å². The number of anilines is 3. The van der Waals surface area contributed by atoms with E-state index >= 15 is 0 Å². The van der Waals surface area contributed by atoms with Crippen LogP contribution in [0, 0.1) is 0 Å². The number of hydrogen-bond donors (Lipinski definition) is 2. The largest absolute Gasteiger partial charge is 0.381 e. The van der Waals surface area contributed by atoms with Gasteiger partial charge in [-0.2, -0.15) is 9.97 Å². The van der Waals surface area contributed by atoms with Gasteiger partial charge in [0.1, 0.15) is 5.52 Å². The summed E-state index contributed by atoms with van der Waals surface area (Å²) in [5, 5.41) is 3.05. The minimum atomic E-state index is 0.103. The molecule has 0 bridgehead atoms. The lowest BCUT2D eigenvalue weighted by Crippen LogP contribution is -2.37. The Bertz CT molecular complexity index is 981. The molecule has 0 aliphatic carbocycles. The van der Waals surface area contributed by atoms with Crippen molar-refractivity contribution in [3.05, 3.63) is 34.6 Å². The molecule has 134 valence electrons. The Balaban J connectivity index is 1.71. The molecule has 5 rings (SSSR count). The lowest BCUT2D eigenvalue weighted by molar-refractivity contribution is 0.0558. The highest BCUT2D eigenvalue weighted by Gasteiger charge is 2.45. The molecule has 1 aromatic carbocycles. The second kappa shape index (κ2) is 5.92. The maximum absolute atomic E-state index is 5.65. The van der Waals surface area contributed by atoms with Crippen molar-refractivity contribution >= 4 is 44.5 Å². The summed E-state index contributed by atoms with van der Waals surface area (Å²) in [5.74, 6) is 1.43. The highest BCUT2D eigenvalue weighted by molar-refractivity contribution is 9.10. The number of nitrogens with one attached hydrogen (secondary N) is 2. The quantitative estimate of drug-likeness (QED) is 0.669. The highest BCUT2D eigenvalue weighted by Crippen LogP contribution is 2.50. The van der Waals surface area contributed by atoms with Gasteiger partial charge in [0.2, 0.25) is 5.95 Å². The Kier molecular flexibility index (Phi) is 3.65. The summed E-state index contributed by atoms with van der Waals surface area (Å²) in [7, 11) is 1.83. The number of aromatic amines is 1. The van der Waals surface area contributed by atoms with Crippen molar-refractivity contribution in [2.24, 2.45) is 0 Å². The molecule has 0 atom stereocenters. The summed E-state index contributed by atoms with van der Waals surface area (Å²) in [5.41, 5.74) is 4.20. The zero-order chi connectivity index (χ0) is 17.7. The van der Waals surface area contributed by atoms with E-state index in [2.05, 4.69) is 59.3 Å². The molecule has 2 aliphatic heterocycles. The van der Waals surface area contributed by atoms with Gasteiger partial charge in [-0.1, -0.05) is 22.0 Å². The zero-order valence-corrected chi connectivity index (χ0v) is 16.0. The fourth-order valence-corrected chi connectivity index (χ4v) is 4.50.